The number of nitrogens with one attached hydrogen (secondary N) is 2. The van der Waals surface area contributed by atoms with Gasteiger partial charge in [0.25, 0.3) is 0 Å². The number of benzene rings is 1. The highest BCUT2D eigenvalue weighted by molar-refractivity contribution is 9.10. The maximum Gasteiger partial charge on any atom is 0.219 e. The third-order valence-corrected chi connectivity index (χ3v) is 2.91. The molecular formula is C11H14BrClN2O. The van der Waals surface area contributed by atoms with Crippen LogP contribution in [0, 0.1) is 0 Å². The van der Waals surface area contributed by atoms with Crippen molar-refractivity contribution in [1.29, 1.82) is 0 Å². The van der Waals surface area contributed by atoms with Crippen LogP contribution in [0.15, 0.2) is 22.7 Å². The SMILES string of the molecule is CNC(=O)CCCNc1ccc(Br)cc1Cl. The smallest absolute Gasteiger partial charge is 0.219 e. The summed E-state index contributed by atoms with van der Waals surface area (Å²) in [6.07, 6.45) is 1.31. The van der Waals surface area contributed by atoms with Gasteiger partial charge in [-0.15, -0.1) is 0 Å². The van der Waals surface area contributed by atoms with Gasteiger partial charge in [-0.2, -0.15) is 0 Å². The summed E-state index contributed by atoms with van der Waals surface area (Å²) in [5.41, 5.74) is 0.891. The number of rotatable bonds is 5. The highest BCUT2D eigenvalue weighted by Crippen LogP contribution is 2.25. The maximum atomic E-state index is 11.0. The van der Waals surface area contributed by atoms with Gasteiger partial charge in [0.15, 0.2) is 0 Å². The fraction of sp³-hybridized carbons (Fsp3) is 0.364. The normalized spacial score (nSPS) is 9.94. The predicted molar refractivity (Wildman–Crippen MR) is 70.9 cm³/mol. The second-order valence-electron chi connectivity index (χ2n) is 3.33. The molecule has 0 bridgehead atoms. The van der Waals surface area contributed by atoms with Gasteiger partial charge in [0.2, 0.25) is 5.91 Å². The number of hydrogen-bond donors (Lipinski definition) is 2. The first-order chi connectivity index (χ1) is 7.63. The zero-order chi connectivity index (χ0) is 12.0. The zero-order valence-electron chi connectivity index (χ0n) is 9.02. The fourth-order valence-corrected chi connectivity index (χ4v) is 1.97. The van der Waals surface area contributed by atoms with Crippen LogP contribution >= 0.6 is 27.5 Å². The zero-order valence-corrected chi connectivity index (χ0v) is 11.4. The first-order valence-electron chi connectivity index (χ1n) is 5.03. The molecule has 0 saturated heterocycles. The molecule has 1 rings (SSSR count). The summed E-state index contributed by atoms with van der Waals surface area (Å²) in [4.78, 5) is 11.0. The Morgan fingerprint density at radius 3 is 2.88 bits per heavy atom. The van der Waals surface area contributed by atoms with Gasteiger partial charge in [-0.25, -0.2) is 0 Å². The monoisotopic (exact) mass is 304 g/mol. The molecule has 0 unspecified atom stereocenters. The third-order valence-electron chi connectivity index (χ3n) is 2.11. The average molecular weight is 306 g/mol. The molecule has 0 aliphatic rings. The van der Waals surface area contributed by atoms with Crippen molar-refractivity contribution in [3.8, 4) is 0 Å². The van der Waals surface area contributed by atoms with Crippen LogP contribution in [0.25, 0.3) is 0 Å². The summed E-state index contributed by atoms with van der Waals surface area (Å²) in [6, 6.07) is 5.67. The van der Waals surface area contributed by atoms with Crippen molar-refractivity contribution in [3.63, 3.8) is 0 Å². The first kappa shape index (κ1) is 13.3. The Morgan fingerprint density at radius 1 is 1.50 bits per heavy atom. The maximum absolute atomic E-state index is 11.0. The summed E-state index contributed by atoms with van der Waals surface area (Å²) >= 11 is 9.37. The summed E-state index contributed by atoms with van der Waals surface area (Å²) in [5, 5.41) is 6.45. The van der Waals surface area contributed by atoms with Crippen LogP contribution < -0.4 is 10.6 Å². The number of carbonyl (C=O) groups excluding carboxylic acids is 1. The lowest BCUT2D eigenvalue weighted by atomic mass is 10.2. The Labute approximate surface area is 109 Å². The van der Waals surface area contributed by atoms with Crippen LogP contribution in [-0.2, 0) is 4.79 Å². The molecule has 88 valence electrons. The lowest BCUT2D eigenvalue weighted by molar-refractivity contribution is -0.120. The molecule has 0 fully saturated rings. The summed E-state index contributed by atoms with van der Waals surface area (Å²) in [7, 11) is 1.64. The van der Waals surface area contributed by atoms with Gasteiger partial charge in [0, 0.05) is 24.5 Å². The minimum absolute atomic E-state index is 0.0590. The van der Waals surface area contributed by atoms with Crippen LogP contribution in [-0.4, -0.2) is 19.5 Å². The molecule has 5 heteroatoms. The number of halogens is 2. The molecule has 2 N–H and O–H groups in total. The van der Waals surface area contributed by atoms with E-state index in [9.17, 15) is 4.79 Å². The van der Waals surface area contributed by atoms with E-state index in [0.717, 1.165) is 23.1 Å². The van der Waals surface area contributed by atoms with Crippen molar-refractivity contribution in [2.24, 2.45) is 0 Å². The van der Waals surface area contributed by atoms with Crippen molar-refractivity contribution in [2.45, 2.75) is 12.8 Å². The third kappa shape index (κ3) is 4.41. The molecule has 0 radical (unpaired) electrons. The highest BCUT2D eigenvalue weighted by atomic mass is 79.9. The van der Waals surface area contributed by atoms with Gasteiger partial charge in [0.05, 0.1) is 10.7 Å². The van der Waals surface area contributed by atoms with Gasteiger partial charge in [0.1, 0.15) is 0 Å². The van der Waals surface area contributed by atoms with E-state index in [1.807, 2.05) is 18.2 Å². The van der Waals surface area contributed by atoms with E-state index in [1.54, 1.807) is 7.05 Å². The van der Waals surface area contributed by atoms with Crippen molar-refractivity contribution in [3.05, 3.63) is 27.7 Å². The Bertz CT molecular complexity index is 371. The standard InChI is InChI=1S/C11H14BrClN2O/c1-14-11(16)3-2-6-15-10-5-4-8(12)7-9(10)13/h4-5,7,15H,2-3,6H2,1H3,(H,14,16). The average Bonchev–Trinajstić information content (AvgIpc) is 2.26. The number of carbonyl (C=O) groups is 1. The molecule has 0 atom stereocenters. The number of anilines is 1. The van der Waals surface area contributed by atoms with Gasteiger partial charge in [-0.3, -0.25) is 4.79 Å². The van der Waals surface area contributed by atoms with Crippen molar-refractivity contribution in [1.82, 2.24) is 5.32 Å². The number of hydrogen-bond acceptors (Lipinski definition) is 2. The van der Waals surface area contributed by atoms with Crippen LogP contribution in [0.4, 0.5) is 5.69 Å². The number of amides is 1. The molecule has 16 heavy (non-hydrogen) atoms. The highest BCUT2D eigenvalue weighted by Gasteiger charge is 2.01. The fourth-order valence-electron chi connectivity index (χ4n) is 1.23. The molecule has 0 aliphatic heterocycles. The molecule has 1 aromatic carbocycles. The van der Waals surface area contributed by atoms with E-state index in [-0.39, 0.29) is 5.91 Å². The van der Waals surface area contributed by atoms with Crippen LogP contribution in [0.3, 0.4) is 0 Å². The van der Waals surface area contributed by atoms with Gasteiger partial charge in [-0.05, 0) is 24.6 Å². The molecular weight excluding hydrogens is 291 g/mol. The Balaban J connectivity index is 2.35. The second-order valence-corrected chi connectivity index (χ2v) is 4.65. The van der Waals surface area contributed by atoms with Gasteiger partial charge >= 0.3 is 0 Å². The van der Waals surface area contributed by atoms with E-state index < -0.39 is 0 Å². The predicted octanol–water partition coefficient (Wildman–Crippen LogP) is 3.04. The molecule has 1 amide bonds. The summed E-state index contributed by atoms with van der Waals surface area (Å²) in [6.45, 7) is 0.731. The van der Waals surface area contributed by atoms with Gasteiger partial charge in [-0.1, -0.05) is 27.5 Å². The molecule has 1 aromatic rings. The Morgan fingerprint density at radius 2 is 2.25 bits per heavy atom. The van der Waals surface area contributed by atoms with Crippen LogP contribution in [0.2, 0.25) is 5.02 Å². The quantitative estimate of drug-likeness (QED) is 0.821. The van der Waals surface area contributed by atoms with Gasteiger partial charge < -0.3 is 10.6 Å². The molecule has 0 spiro atoms. The summed E-state index contributed by atoms with van der Waals surface area (Å²) < 4.78 is 0.952. The Kier molecular flexibility index (Phi) is 5.63. The van der Waals surface area contributed by atoms with Crippen molar-refractivity contribution >= 4 is 39.1 Å². The lowest BCUT2D eigenvalue weighted by Gasteiger charge is -2.08. The lowest BCUT2D eigenvalue weighted by Crippen LogP contribution is -2.18. The van der Waals surface area contributed by atoms with E-state index in [2.05, 4.69) is 26.6 Å². The second kappa shape index (κ2) is 6.76. The van der Waals surface area contributed by atoms with Crippen molar-refractivity contribution < 1.29 is 4.79 Å². The first-order valence-corrected chi connectivity index (χ1v) is 6.20. The topological polar surface area (TPSA) is 41.1 Å². The van der Waals surface area contributed by atoms with E-state index >= 15 is 0 Å². The molecule has 0 heterocycles. The molecule has 3 nitrogen and oxygen atoms in total. The van der Waals surface area contributed by atoms with Crippen LogP contribution in [0.1, 0.15) is 12.8 Å². The molecule has 0 aromatic heterocycles. The minimum Gasteiger partial charge on any atom is -0.384 e. The minimum atomic E-state index is 0.0590. The molecule has 0 aliphatic carbocycles. The van der Waals surface area contributed by atoms with Crippen LogP contribution in [0.5, 0.6) is 0 Å². The molecule has 0 saturated carbocycles. The van der Waals surface area contributed by atoms with E-state index in [0.29, 0.717) is 11.4 Å². The summed E-state index contributed by atoms with van der Waals surface area (Å²) in [5.74, 6) is 0.0590. The van der Waals surface area contributed by atoms with E-state index in [4.69, 9.17) is 11.6 Å². The Hall–Kier alpha value is -0.740. The van der Waals surface area contributed by atoms with E-state index in [1.165, 1.54) is 0 Å². The van der Waals surface area contributed by atoms with Crippen molar-refractivity contribution in [2.75, 3.05) is 18.9 Å². The largest absolute Gasteiger partial charge is 0.384 e.